The average molecular weight is 499 g/mol. The summed E-state index contributed by atoms with van der Waals surface area (Å²) in [5, 5.41) is 4.06. The Labute approximate surface area is 202 Å². The van der Waals surface area contributed by atoms with E-state index in [0.717, 1.165) is 10.4 Å². The van der Waals surface area contributed by atoms with Crippen molar-refractivity contribution in [2.75, 3.05) is 5.32 Å². The summed E-state index contributed by atoms with van der Waals surface area (Å²) in [5.74, 6) is -0.246. The second-order valence-electron chi connectivity index (χ2n) is 7.25. The number of hydrogen-bond donors (Lipinski definition) is 2. The SMILES string of the molecule is Cc1cnc(Oc2ccc(Nc3nc(=O)n(CC(N)=O)c(=O)n3Cc3ccc(Cl)cc3)cc2)s1. The third-order valence-corrected chi connectivity index (χ3v) is 5.68. The number of carbonyl (C=O) groups excluding carboxylic acids is 1. The maximum Gasteiger partial charge on any atom is 0.355 e. The molecule has 174 valence electrons. The van der Waals surface area contributed by atoms with Crippen molar-refractivity contribution in [3.8, 4) is 10.9 Å². The Morgan fingerprint density at radius 1 is 1.12 bits per heavy atom. The summed E-state index contributed by atoms with van der Waals surface area (Å²) in [7, 11) is 0. The number of benzene rings is 2. The molecule has 34 heavy (non-hydrogen) atoms. The third kappa shape index (κ3) is 5.50. The topological polar surface area (TPSA) is 134 Å². The highest BCUT2D eigenvalue weighted by molar-refractivity contribution is 7.13. The van der Waals surface area contributed by atoms with E-state index in [0.29, 0.717) is 26.2 Å². The van der Waals surface area contributed by atoms with Gasteiger partial charge < -0.3 is 15.8 Å². The van der Waals surface area contributed by atoms with Gasteiger partial charge in [0, 0.05) is 21.8 Å². The molecule has 10 nitrogen and oxygen atoms in total. The van der Waals surface area contributed by atoms with Crippen LogP contribution in [0.5, 0.6) is 10.9 Å². The van der Waals surface area contributed by atoms with Crippen LogP contribution in [0.1, 0.15) is 10.4 Å². The predicted octanol–water partition coefficient (Wildman–Crippen LogP) is 2.89. The van der Waals surface area contributed by atoms with E-state index in [9.17, 15) is 14.4 Å². The molecule has 0 bridgehead atoms. The lowest BCUT2D eigenvalue weighted by molar-refractivity contribution is -0.118. The smallest absolute Gasteiger partial charge is 0.355 e. The van der Waals surface area contributed by atoms with Crippen LogP contribution in [0.4, 0.5) is 11.6 Å². The minimum Gasteiger partial charge on any atom is -0.431 e. The van der Waals surface area contributed by atoms with E-state index in [-0.39, 0.29) is 12.5 Å². The van der Waals surface area contributed by atoms with Gasteiger partial charge in [0.25, 0.3) is 5.19 Å². The van der Waals surface area contributed by atoms with Crippen molar-refractivity contribution in [3.63, 3.8) is 0 Å². The Morgan fingerprint density at radius 3 is 2.44 bits per heavy atom. The van der Waals surface area contributed by atoms with Crippen molar-refractivity contribution in [1.29, 1.82) is 0 Å². The summed E-state index contributed by atoms with van der Waals surface area (Å²) in [5.41, 5.74) is 4.88. The van der Waals surface area contributed by atoms with Gasteiger partial charge >= 0.3 is 11.4 Å². The van der Waals surface area contributed by atoms with Gasteiger partial charge in [0.2, 0.25) is 11.9 Å². The second-order valence-corrected chi connectivity index (χ2v) is 8.89. The van der Waals surface area contributed by atoms with Gasteiger partial charge in [-0.1, -0.05) is 35.1 Å². The molecule has 12 heteroatoms. The van der Waals surface area contributed by atoms with Crippen molar-refractivity contribution in [1.82, 2.24) is 19.1 Å². The van der Waals surface area contributed by atoms with Gasteiger partial charge in [-0.25, -0.2) is 19.1 Å². The number of nitrogens with two attached hydrogens (primary N) is 1. The van der Waals surface area contributed by atoms with Gasteiger partial charge in [0.15, 0.2) is 0 Å². The number of aromatic nitrogens is 4. The number of ether oxygens (including phenoxy) is 1. The maximum absolute atomic E-state index is 13.1. The number of thiazole rings is 1. The number of nitrogens with one attached hydrogen (secondary N) is 1. The molecule has 0 saturated heterocycles. The van der Waals surface area contributed by atoms with Crippen LogP contribution in [-0.4, -0.2) is 25.0 Å². The quantitative estimate of drug-likeness (QED) is 0.381. The third-order valence-electron chi connectivity index (χ3n) is 4.63. The fourth-order valence-corrected chi connectivity index (χ4v) is 3.80. The van der Waals surface area contributed by atoms with Crippen molar-refractivity contribution < 1.29 is 9.53 Å². The highest BCUT2D eigenvalue weighted by Gasteiger charge is 2.15. The summed E-state index contributed by atoms with van der Waals surface area (Å²) in [6.07, 6.45) is 1.72. The van der Waals surface area contributed by atoms with Crippen molar-refractivity contribution in [2.45, 2.75) is 20.0 Å². The number of aryl methyl sites for hydroxylation is 1. The molecule has 0 aliphatic rings. The van der Waals surface area contributed by atoms with Gasteiger partial charge in [-0.15, -0.1) is 0 Å². The van der Waals surface area contributed by atoms with Crippen molar-refractivity contribution >= 4 is 40.5 Å². The molecule has 0 unspecified atom stereocenters. The number of primary amides is 1. The van der Waals surface area contributed by atoms with E-state index < -0.39 is 23.8 Å². The van der Waals surface area contributed by atoms with Crippen LogP contribution in [0.15, 0.2) is 64.3 Å². The largest absolute Gasteiger partial charge is 0.431 e. The molecular weight excluding hydrogens is 480 g/mol. The first-order valence-corrected chi connectivity index (χ1v) is 11.2. The summed E-state index contributed by atoms with van der Waals surface area (Å²) in [6.45, 7) is 1.44. The maximum atomic E-state index is 13.1. The lowest BCUT2D eigenvalue weighted by Crippen LogP contribution is -2.45. The van der Waals surface area contributed by atoms with Gasteiger partial charge in [-0.2, -0.15) is 4.98 Å². The molecule has 2 aromatic carbocycles. The van der Waals surface area contributed by atoms with E-state index in [1.165, 1.54) is 15.9 Å². The number of hydrogen-bond acceptors (Lipinski definition) is 8. The standard InChI is InChI=1S/C22H19ClN6O4S/c1-13-10-25-21(34-13)33-17-8-6-16(7-9-17)26-19-27-20(31)29(12-18(24)30)22(32)28(19)11-14-2-4-15(23)5-3-14/h2-10H,11-12H2,1H3,(H2,24,30)(H,26,27,31). The molecule has 0 radical (unpaired) electrons. The van der Waals surface area contributed by atoms with Crippen LogP contribution < -0.4 is 27.2 Å². The Balaban J connectivity index is 1.65. The summed E-state index contributed by atoms with van der Waals surface area (Å²) >= 11 is 7.38. The Morgan fingerprint density at radius 2 is 1.82 bits per heavy atom. The lowest BCUT2D eigenvalue weighted by atomic mass is 10.2. The molecule has 0 atom stereocenters. The van der Waals surface area contributed by atoms with E-state index in [1.807, 2.05) is 6.92 Å². The highest BCUT2D eigenvalue weighted by atomic mass is 35.5. The molecule has 2 heterocycles. The number of halogens is 1. The van der Waals surface area contributed by atoms with Crippen LogP contribution in [0.3, 0.4) is 0 Å². The van der Waals surface area contributed by atoms with Crippen LogP contribution in [0, 0.1) is 6.92 Å². The second kappa shape index (κ2) is 9.89. The minimum atomic E-state index is -0.891. The molecule has 0 spiro atoms. The van der Waals surface area contributed by atoms with Gasteiger partial charge in [0.1, 0.15) is 12.3 Å². The van der Waals surface area contributed by atoms with Crippen LogP contribution >= 0.6 is 22.9 Å². The zero-order valence-electron chi connectivity index (χ0n) is 17.9. The Hall–Kier alpha value is -3.96. The van der Waals surface area contributed by atoms with Crippen LogP contribution in [0.25, 0.3) is 0 Å². The number of amides is 1. The molecule has 0 fully saturated rings. The molecule has 4 aromatic rings. The molecule has 3 N–H and O–H groups in total. The number of rotatable bonds is 8. The Bertz CT molecular complexity index is 1440. The summed E-state index contributed by atoms with van der Waals surface area (Å²) < 4.78 is 7.65. The highest BCUT2D eigenvalue weighted by Crippen LogP contribution is 2.27. The fourth-order valence-electron chi connectivity index (χ4n) is 3.05. The first-order valence-electron chi connectivity index (χ1n) is 10.0. The van der Waals surface area contributed by atoms with E-state index >= 15 is 0 Å². The molecule has 0 aliphatic heterocycles. The number of nitrogens with zero attached hydrogens (tertiary/aromatic N) is 4. The Kier molecular flexibility index (Phi) is 6.75. The predicted molar refractivity (Wildman–Crippen MR) is 129 cm³/mol. The van der Waals surface area contributed by atoms with Crippen LogP contribution in [-0.2, 0) is 17.9 Å². The molecule has 1 amide bonds. The molecule has 0 aliphatic carbocycles. The first-order chi connectivity index (χ1) is 16.3. The monoisotopic (exact) mass is 498 g/mol. The first kappa shape index (κ1) is 23.2. The number of carbonyl (C=O) groups is 1. The fraction of sp³-hybridized carbons (Fsp3) is 0.136. The average Bonchev–Trinajstić information content (AvgIpc) is 3.21. The minimum absolute atomic E-state index is 0.00915. The van der Waals surface area contributed by atoms with Gasteiger partial charge in [-0.3, -0.25) is 9.36 Å². The van der Waals surface area contributed by atoms with Crippen molar-refractivity contribution in [3.05, 3.63) is 91.2 Å². The zero-order valence-corrected chi connectivity index (χ0v) is 19.5. The van der Waals surface area contributed by atoms with Crippen molar-refractivity contribution in [2.24, 2.45) is 5.73 Å². The molecule has 2 aromatic heterocycles. The van der Waals surface area contributed by atoms with Crippen LogP contribution in [0.2, 0.25) is 5.02 Å². The van der Waals surface area contributed by atoms with E-state index in [4.69, 9.17) is 22.1 Å². The zero-order chi connectivity index (χ0) is 24.2. The normalized spacial score (nSPS) is 10.8. The molecular formula is C22H19ClN6O4S. The van der Waals surface area contributed by atoms with Gasteiger partial charge in [-0.05, 0) is 48.9 Å². The lowest BCUT2D eigenvalue weighted by Gasteiger charge is -2.15. The summed E-state index contributed by atoms with van der Waals surface area (Å²) in [6, 6.07) is 13.7. The molecule has 4 rings (SSSR count). The number of anilines is 2. The van der Waals surface area contributed by atoms with E-state index in [1.54, 1.807) is 54.7 Å². The van der Waals surface area contributed by atoms with Gasteiger partial charge in [0.05, 0.1) is 6.54 Å². The molecule has 0 saturated carbocycles. The van der Waals surface area contributed by atoms with E-state index in [2.05, 4.69) is 15.3 Å². The summed E-state index contributed by atoms with van der Waals surface area (Å²) in [4.78, 5) is 46.0.